The van der Waals surface area contributed by atoms with Crippen molar-refractivity contribution >= 4 is 29.3 Å². The highest BCUT2D eigenvalue weighted by atomic mass is 35.5. The molecule has 2 amide bonds. The molecule has 9 nitrogen and oxygen atoms in total. The van der Waals surface area contributed by atoms with Gasteiger partial charge in [-0.2, -0.15) is 0 Å². The van der Waals surface area contributed by atoms with Crippen molar-refractivity contribution in [3.05, 3.63) is 23.0 Å². The molecular weight excluding hydrogens is 407 g/mol. The number of methoxy groups -OCH3 is 1. The molecule has 1 aromatic rings. The molecule has 1 heterocycles. The summed E-state index contributed by atoms with van der Waals surface area (Å²) in [5.41, 5.74) is -2.13. The Labute approximate surface area is 173 Å². The van der Waals surface area contributed by atoms with E-state index in [1.807, 2.05) is 0 Å². The van der Waals surface area contributed by atoms with Crippen molar-refractivity contribution in [3.63, 3.8) is 0 Å². The average molecular weight is 433 g/mol. The minimum atomic E-state index is -1.65. The lowest BCUT2D eigenvalue weighted by atomic mass is 9.75. The topological polar surface area (TPSA) is 133 Å². The first-order valence-electron chi connectivity index (χ1n) is 9.04. The van der Waals surface area contributed by atoms with Gasteiger partial charge in [-0.25, -0.2) is 14.2 Å². The minimum absolute atomic E-state index is 0.0388. The number of ether oxygens (including phenoxy) is 1. The average Bonchev–Trinajstić information content (AvgIpc) is 2.61. The Morgan fingerprint density at radius 1 is 1.45 bits per heavy atom. The van der Waals surface area contributed by atoms with Crippen LogP contribution in [0, 0.1) is 0 Å². The molecule has 1 aliphatic rings. The third kappa shape index (κ3) is 6.41. The molecular formula is C18H26ClFN4O5. The van der Waals surface area contributed by atoms with E-state index in [4.69, 9.17) is 11.6 Å². The number of carbonyl (C=O) groups excluding carboxylic acids is 2. The number of hydrogen-bond donors (Lipinski definition) is 5. The summed E-state index contributed by atoms with van der Waals surface area (Å²) >= 11 is 5.92. The number of pyridine rings is 1. The van der Waals surface area contributed by atoms with Gasteiger partial charge < -0.3 is 30.9 Å². The van der Waals surface area contributed by atoms with E-state index in [-0.39, 0.29) is 29.8 Å². The maximum Gasteiger partial charge on any atom is 0.406 e. The van der Waals surface area contributed by atoms with Crippen LogP contribution in [0.3, 0.4) is 0 Å². The molecule has 5 N–H and O–H groups in total. The number of aliphatic hydroxyl groups is 2. The molecule has 1 aromatic heterocycles. The Morgan fingerprint density at radius 3 is 2.69 bits per heavy atom. The van der Waals surface area contributed by atoms with Crippen molar-refractivity contribution in [2.75, 3.05) is 25.5 Å². The third-order valence-corrected chi connectivity index (χ3v) is 4.89. The van der Waals surface area contributed by atoms with Crippen LogP contribution in [0.25, 0.3) is 0 Å². The van der Waals surface area contributed by atoms with Gasteiger partial charge in [0.15, 0.2) is 0 Å². The quantitative estimate of drug-likeness (QED) is 0.390. The van der Waals surface area contributed by atoms with Crippen molar-refractivity contribution in [1.29, 1.82) is 0 Å². The number of nitrogens with zero attached hydrogens (tertiary/aromatic N) is 1. The fourth-order valence-electron chi connectivity index (χ4n) is 2.89. The summed E-state index contributed by atoms with van der Waals surface area (Å²) < 4.78 is 18.3. The number of hydrogen-bond acceptors (Lipinski definition) is 7. The van der Waals surface area contributed by atoms with Gasteiger partial charge in [0, 0.05) is 18.8 Å². The number of amides is 2. The van der Waals surface area contributed by atoms with Gasteiger partial charge in [0.05, 0.1) is 36.1 Å². The van der Waals surface area contributed by atoms with Crippen molar-refractivity contribution in [3.8, 4) is 0 Å². The number of carbonyl (C=O) groups is 2. The second-order valence-electron chi connectivity index (χ2n) is 7.70. The fourth-order valence-corrected chi connectivity index (χ4v) is 3.05. The van der Waals surface area contributed by atoms with E-state index in [9.17, 15) is 24.2 Å². The van der Waals surface area contributed by atoms with Crippen LogP contribution >= 0.6 is 11.6 Å². The second kappa shape index (κ2) is 9.10. The number of alkyl carbamates (subject to hydrolysis) is 1. The summed E-state index contributed by atoms with van der Waals surface area (Å²) in [6.45, 7) is 2.30. The molecule has 0 unspecified atom stereocenters. The first-order valence-corrected chi connectivity index (χ1v) is 9.42. The van der Waals surface area contributed by atoms with E-state index in [0.29, 0.717) is 18.5 Å². The molecule has 11 heteroatoms. The summed E-state index contributed by atoms with van der Waals surface area (Å²) in [4.78, 5) is 27.5. The SMILES string of the molecule is COC(=O)NCC1(O)CC(Nc2cc(Cl)ncc2C(=O)NC[C@@H](F)C(C)(C)O)C1. The van der Waals surface area contributed by atoms with Gasteiger partial charge in [-0.15, -0.1) is 0 Å². The lowest BCUT2D eigenvalue weighted by Gasteiger charge is -2.44. The van der Waals surface area contributed by atoms with Crippen LogP contribution in [0.4, 0.5) is 14.9 Å². The zero-order valence-electron chi connectivity index (χ0n) is 16.5. The van der Waals surface area contributed by atoms with Gasteiger partial charge in [0.2, 0.25) is 0 Å². The maximum absolute atomic E-state index is 13.9. The van der Waals surface area contributed by atoms with Gasteiger partial charge in [-0.1, -0.05) is 11.6 Å². The molecule has 1 aliphatic carbocycles. The lowest BCUT2D eigenvalue weighted by Crippen LogP contribution is -2.56. The van der Waals surface area contributed by atoms with Gasteiger partial charge in [0.1, 0.15) is 11.3 Å². The van der Waals surface area contributed by atoms with E-state index in [1.54, 1.807) is 0 Å². The molecule has 1 saturated carbocycles. The van der Waals surface area contributed by atoms with E-state index in [2.05, 4.69) is 25.7 Å². The molecule has 0 radical (unpaired) electrons. The smallest absolute Gasteiger partial charge is 0.406 e. The van der Waals surface area contributed by atoms with E-state index in [1.165, 1.54) is 33.2 Å². The number of halogens is 2. The molecule has 1 fully saturated rings. The Kier molecular flexibility index (Phi) is 7.25. The third-order valence-electron chi connectivity index (χ3n) is 4.68. The number of rotatable bonds is 8. The number of alkyl halides is 1. The van der Waals surface area contributed by atoms with Crippen LogP contribution < -0.4 is 16.0 Å². The minimum Gasteiger partial charge on any atom is -0.453 e. The van der Waals surface area contributed by atoms with E-state index in [0.717, 1.165) is 0 Å². The largest absolute Gasteiger partial charge is 0.453 e. The summed E-state index contributed by atoms with van der Waals surface area (Å²) in [5, 5.41) is 28.1. The van der Waals surface area contributed by atoms with Crippen molar-refractivity contribution in [1.82, 2.24) is 15.6 Å². The van der Waals surface area contributed by atoms with E-state index >= 15 is 0 Å². The van der Waals surface area contributed by atoms with Crippen LogP contribution in [0.5, 0.6) is 0 Å². The molecule has 2 rings (SSSR count). The Hall–Kier alpha value is -2.17. The highest BCUT2D eigenvalue weighted by Gasteiger charge is 2.43. The van der Waals surface area contributed by atoms with Gasteiger partial charge >= 0.3 is 6.09 Å². The normalized spacial score (nSPS) is 22.2. The van der Waals surface area contributed by atoms with Crippen LogP contribution in [-0.4, -0.2) is 70.8 Å². The van der Waals surface area contributed by atoms with Crippen LogP contribution in [-0.2, 0) is 4.74 Å². The maximum atomic E-state index is 13.9. The predicted octanol–water partition coefficient (Wildman–Crippen LogP) is 1.24. The summed E-state index contributed by atoms with van der Waals surface area (Å²) in [5.74, 6) is -0.578. The van der Waals surface area contributed by atoms with Crippen molar-refractivity contribution < 1.29 is 28.9 Å². The molecule has 0 bridgehead atoms. The molecule has 0 saturated heterocycles. The Balaban J connectivity index is 1.97. The fraction of sp³-hybridized carbons (Fsp3) is 0.611. The molecule has 0 spiro atoms. The summed E-state index contributed by atoms with van der Waals surface area (Å²) in [6.07, 6.45) is -0.368. The zero-order valence-corrected chi connectivity index (χ0v) is 17.2. The van der Waals surface area contributed by atoms with Crippen molar-refractivity contribution in [2.45, 2.75) is 50.1 Å². The zero-order chi connectivity index (χ0) is 21.8. The Morgan fingerprint density at radius 2 is 2.10 bits per heavy atom. The van der Waals surface area contributed by atoms with Crippen LogP contribution in [0.2, 0.25) is 5.15 Å². The van der Waals surface area contributed by atoms with Gasteiger partial charge in [-0.05, 0) is 32.8 Å². The highest BCUT2D eigenvalue weighted by Crippen LogP contribution is 2.35. The number of aromatic nitrogens is 1. The highest BCUT2D eigenvalue weighted by molar-refractivity contribution is 6.29. The van der Waals surface area contributed by atoms with Crippen molar-refractivity contribution in [2.24, 2.45) is 0 Å². The second-order valence-corrected chi connectivity index (χ2v) is 8.09. The van der Waals surface area contributed by atoms with E-state index < -0.39 is 29.4 Å². The molecule has 162 valence electrons. The van der Waals surface area contributed by atoms with Gasteiger partial charge in [0.25, 0.3) is 5.91 Å². The predicted molar refractivity (Wildman–Crippen MR) is 105 cm³/mol. The van der Waals surface area contributed by atoms with Crippen LogP contribution in [0.15, 0.2) is 12.3 Å². The summed E-state index contributed by atoms with van der Waals surface area (Å²) in [7, 11) is 1.23. The van der Waals surface area contributed by atoms with Crippen LogP contribution in [0.1, 0.15) is 37.0 Å². The molecule has 0 aliphatic heterocycles. The Bertz CT molecular complexity index is 752. The molecule has 1 atom stereocenters. The monoisotopic (exact) mass is 432 g/mol. The number of anilines is 1. The first kappa shape index (κ1) is 23.1. The summed E-state index contributed by atoms with van der Waals surface area (Å²) in [6, 6.07) is 1.29. The molecule has 29 heavy (non-hydrogen) atoms. The molecule has 0 aromatic carbocycles. The lowest BCUT2D eigenvalue weighted by molar-refractivity contribution is -0.0386. The van der Waals surface area contributed by atoms with Gasteiger partial charge in [-0.3, -0.25) is 4.79 Å². The number of nitrogens with one attached hydrogen (secondary N) is 3. The standard InChI is InChI=1S/C18H26ClFN4O5/c1-17(2,27)13(20)8-22-15(25)11-7-21-14(19)4-12(11)24-10-5-18(28,6-10)9-23-16(26)29-3/h4,7,10,13,27-28H,5-6,8-9H2,1-3H3,(H,21,24)(H,22,25)(H,23,26)/t10?,13-,18?/m1/s1. The first-order chi connectivity index (χ1) is 13.4.